The lowest BCUT2D eigenvalue weighted by molar-refractivity contribution is 0.122. The molecule has 34 heavy (non-hydrogen) atoms. The van der Waals surface area contributed by atoms with Gasteiger partial charge in [-0.25, -0.2) is 9.78 Å². The highest BCUT2D eigenvalue weighted by Crippen LogP contribution is 2.46. The van der Waals surface area contributed by atoms with Gasteiger partial charge < -0.3 is 24.5 Å². The highest BCUT2D eigenvalue weighted by molar-refractivity contribution is 5.87. The van der Waals surface area contributed by atoms with Gasteiger partial charge in [0.25, 0.3) is 0 Å². The molecular weight excluding hydrogens is 432 g/mol. The first-order chi connectivity index (χ1) is 16.7. The molecule has 6 rings (SSSR count). The molecule has 4 heterocycles. The highest BCUT2D eigenvalue weighted by atomic mass is 16.5. The van der Waals surface area contributed by atoms with E-state index >= 15 is 0 Å². The van der Waals surface area contributed by atoms with Gasteiger partial charge in [0.2, 0.25) is 5.88 Å². The minimum atomic E-state index is -0.787. The summed E-state index contributed by atoms with van der Waals surface area (Å²) in [6.07, 6.45) is 0. The summed E-state index contributed by atoms with van der Waals surface area (Å²) < 4.78 is 17.1. The van der Waals surface area contributed by atoms with Crippen molar-refractivity contribution in [2.24, 2.45) is 5.73 Å². The summed E-state index contributed by atoms with van der Waals surface area (Å²) in [7, 11) is 0. The van der Waals surface area contributed by atoms with Crippen molar-refractivity contribution in [2.45, 2.75) is 5.92 Å². The summed E-state index contributed by atoms with van der Waals surface area (Å²) in [5.41, 5.74) is 8.01. The number of nitriles is 1. The molecule has 1 saturated heterocycles. The summed E-state index contributed by atoms with van der Waals surface area (Å²) in [4.78, 5) is 20.4. The van der Waals surface area contributed by atoms with Crippen molar-refractivity contribution in [3.63, 3.8) is 0 Å². The van der Waals surface area contributed by atoms with Gasteiger partial charge >= 0.3 is 5.63 Å². The van der Waals surface area contributed by atoms with Gasteiger partial charge in [0.1, 0.15) is 23.0 Å². The van der Waals surface area contributed by atoms with Gasteiger partial charge in [-0.2, -0.15) is 5.26 Å². The van der Waals surface area contributed by atoms with E-state index in [0.29, 0.717) is 54.4 Å². The maximum absolute atomic E-state index is 13.3. The van der Waals surface area contributed by atoms with E-state index in [1.807, 2.05) is 36.4 Å². The topological polar surface area (TPSA) is 115 Å². The lowest BCUT2D eigenvalue weighted by atomic mass is 9.83. The third-order valence-corrected chi connectivity index (χ3v) is 6.33. The fourth-order valence-electron chi connectivity index (χ4n) is 4.74. The van der Waals surface area contributed by atoms with E-state index in [-0.39, 0.29) is 17.0 Å². The molecular formula is C26H20N4O4. The molecule has 4 aromatic rings. The standard InChI is InChI=1S/C26H20N4O4/c27-14-18-21(22-23(34-24(18)28)16-6-2-4-8-20(16)33-26(22)31)17-13-15-5-1-3-7-19(15)29-25(17)30-9-11-32-12-10-30/h1-8,13,21H,9-12,28H2. The van der Waals surface area contributed by atoms with Crippen molar-refractivity contribution >= 4 is 27.7 Å². The Morgan fingerprint density at radius 3 is 2.68 bits per heavy atom. The minimum absolute atomic E-state index is 0.0307. The minimum Gasteiger partial charge on any atom is -0.439 e. The zero-order valence-electron chi connectivity index (χ0n) is 18.2. The number of hydrogen-bond donors (Lipinski definition) is 1. The maximum atomic E-state index is 13.3. The third kappa shape index (κ3) is 3.10. The Balaban J connectivity index is 1.68. The number of para-hydroxylation sites is 2. The number of rotatable bonds is 2. The Bertz CT molecular complexity index is 1580. The number of ether oxygens (including phenoxy) is 2. The Hall–Kier alpha value is -4.35. The molecule has 2 aromatic heterocycles. The lowest BCUT2D eigenvalue weighted by Gasteiger charge is -2.33. The van der Waals surface area contributed by atoms with Crippen molar-refractivity contribution in [3.8, 4) is 11.8 Å². The smallest absolute Gasteiger partial charge is 0.344 e. The zero-order chi connectivity index (χ0) is 23.2. The SMILES string of the molecule is N#CC1=C(N)Oc2c(c(=O)oc3ccccc23)C1c1cc2ccccc2nc1N1CCOCC1. The third-order valence-electron chi connectivity index (χ3n) is 6.33. The second-order valence-corrected chi connectivity index (χ2v) is 8.25. The predicted molar refractivity (Wildman–Crippen MR) is 127 cm³/mol. The highest BCUT2D eigenvalue weighted by Gasteiger charge is 2.38. The van der Waals surface area contributed by atoms with Gasteiger partial charge in [-0.1, -0.05) is 30.3 Å². The zero-order valence-corrected chi connectivity index (χ0v) is 18.2. The monoisotopic (exact) mass is 452 g/mol. The summed E-state index contributed by atoms with van der Waals surface area (Å²) in [5, 5.41) is 11.6. The Labute approximate surface area is 194 Å². The Morgan fingerprint density at radius 1 is 1.09 bits per heavy atom. The molecule has 8 nitrogen and oxygen atoms in total. The van der Waals surface area contributed by atoms with E-state index in [0.717, 1.165) is 10.9 Å². The fraction of sp³-hybridized carbons (Fsp3) is 0.192. The number of allylic oxidation sites excluding steroid dienone is 1. The molecule has 0 saturated carbocycles. The molecule has 168 valence electrons. The second kappa shape index (κ2) is 7.90. The molecule has 0 radical (unpaired) electrons. The van der Waals surface area contributed by atoms with Crippen LogP contribution in [0.3, 0.4) is 0 Å². The summed E-state index contributed by atoms with van der Waals surface area (Å²) in [5.74, 6) is 0.184. The van der Waals surface area contributed by atoms with E-state index in [1.54, 1.807) is 18.2 Å². The first-order valence-electron chi connectivity index (χ1n) is 11.0. The molecule has 0 aliphatic carbocycles. The molecule has 2 aromatic carbocycles. The van der Waals surface area contributed by atoms with E-state index in [1.165, 1.54) is 0 Å². The van der Waals surface area contributed by atoms with Gasteiger partial charge in [-0.05, 0) is 24.3 Å². The number of aromatic nitrogens is 1. The van der Waals surface area contributed by atoms with E-state index in [9.17, 15) is 10.1 Å². The quantitative estimate of drug-likeness (QED) is 0.460. The molecule has 1 fully saturated rings. The van der Waals surface area contributed by atoms with Crippen LogP contribution in [0.25, 0.3) is 21.9 Å². The van der Waals surface area contributed by atoms with Gasteiger partial charge in [0.05, 0.1) is 35.6 Å². The van der Waals surface area contributed by atoms with Gasteiger partial charge in [0.15, 0.2) is 5.75 Å². The van der Waals surface area contributed by atoms with Crippen molar-refractivity contribution in [1.82, 2.24) is 4.98 Å². The van der Waals surface area contributed by atoms with Crippen LogP contribution in [-0.2, 0) is 4.74 Å². The molecule has 1 atom stereocenters. The number of benzene rings is 2. The van der Waals surface area contributed by atoms with Crippen LogP contribution in [-0.4, -0.2) is 31.3 Å². The van der Waals surface area contributed by atoms with E-state index in [2.05, 4.69) is 11.0 Å². The van der Waals surface area contributed by atoms with E-state index < -0.39 is 11.5 Å². The number of fused-ring (bicyclic) bond motifs is 4. The molecule has 2 aliphatic heterocycles. The van der Waals surface area contributed by atoms with Crippen molar-refractivity contribution < 1.29 is 13.9 Å². The predicted octanol–water partition coefficient (Wildman–Crippen LogP) is 3.40. The number of anilines is 1. The van der Waals surface area contributed by atoms with Crippen LogP contribution in [0.1, 0.15) is 17.0 Å². The van der Waals surface area contributed by atoms with Crippen LogP contribution in [0.15, 0.2) is 75.3 Å². The molecule has 1 unspecified atom stereocenters. The summed E-state index contributed by atoms with van der Waals surface area (Å²) in [6, 6.07) is 19.0. The second-order valence-electron chi connectivity index (χ2n) is 8.25. The van der Waals surface area contributed by atoms with E-state index in [4.69, 9.17) is 24.6 Å². The van der Waals surface area contributed by atoms with Gasteiger partial charge in [-0.3, -0.25) is 0 Å². The Morgan fingerprint density at radius 2 is 1.85 bits per heavy atom. The molecule has 2 aliphatic rings. The van der Waals surface area contributed by atoms with Gasteiger partial charge in [0, 0.05) is 24.0 Å². The van der Waals surface area contributed by atoms with Crippen molar-refractivity contribution in [1.29, 1.82) is 5.26 Å². The molecule has 0 bridgehead atoms. The first kappa shape index (κ1) is 20.3. The summed E-state index contributed by atoms with van der Waals surface area (Å²) >= 11 is 0. The van der Waals surface area contributed by atoms with Crippen LogP contribution < -0.4 is 21.0 Å². The molecule has 2 N–H and O–H groups in total. The van der Waals surface area contributed by atoms with Crippen LogP contribution in [0, 0.1) is 11.3 Å². The molecule has 0 spiro atoms. The van der Waals surface area contributed by atoms with Crippen LogP contribution in [0.5, 0.6) is 5.75 Å². The maximum Gasteiger partial charge on any atom is 0.344 e. The normalized spacial score (nSPS) is 18.0. The number of nitrogens with two attached hydrogens (primary N) is 1. The van der Waals surface area contributed by atoms with Gasteiger partial charge in [-0.15, -0.1) is 0 Å². The van der Waals surface area contributed by atoms with Crippen LogP contribution >= 0.6 is 0 Å². The first-order valence-corrected chi connectivity index (χ1v) is 11.0. The number of hydrogen-bond acceptors (Lipinski definition) is 8. The van der Waals surface area contributed by atoms with Crippen molar-refractivity contribution in [2.75, 3.05) is 31.2 Å². The molecule has 8 heteroatoms. The van der Waals surface area contributed by atoms with Crippen LogP contribution in [0.4, 0.5) is 5.82 Å². The molecule has 0 amide bonds. The average molecular weight is 452 g/mol. The number of pyridine rings is 1. The van der Waals surface area contributed by atoms with Crippen LogP contribution in [0.2, 0.25) is 0 Å². The largest absolute Gasteiger partial charge is 0.439 e. The summed E-state index contributed by atoms with van der Waals surface area (Å²) in [6.45, 7) is 2.41. The fourth-order valence-corrected chi connectivity index (χ4v) is 4.74. The van der Waals surface area contributed by atoms with Crippen molar-refractivity contribution in [3.05, 3.63) is 87.6 Å². The Kier molecular flexibility index (Phi) is 4.71. The lowest BCUT2D eigenvalue weighted by Crippen LogP contribution is -2.38. The number of nitrogens with zero attached hydrogens (tertiary/aromatic N) is 3. The average Bonchev–Trinajstić information content (AvgIpc) is 2.88. The number of morpholine rings is 1.